The van der Waals surface area contributed by atoms with E-state index in [2.05, 4.69) is 68.4 Å². The van der Waals surface area contributed by atoms with Gasteiger partial charge in [0.15, 0.2) is 0 Å². The highest BCUT2D eigenvalue weighted by atomic mass is 79.9. The fraction of sp³-hybridized carbons (Fsp3) is 0.200. The molecule has 100 valence electrons. The second-order valence-corrected chi connectivity index (χ2v) is 5.90. The van der Waals surface area contributed by atoms with E-state index in [0.717, 1.165) is 26.9 Å². The van der Waals surface area contributed by atoms with E-state index in [-0.39, 0.29) is 0 Å². The van der Waals surface area contributed by atoms with E-state index in [1.807, 2.05) is 18.2 Å². The molecule has 0 spiro atoms. The van der Waals surface area contributed by atoms with Gasteiger partial charge < -0.3 is 10.1 Å². The van der Waals surface area contributed by atoms with Crippen molar-refractivity contribution in [3.63, 3.8) is 0 Å². The van der Waals surface area contributed by atoms with Gasteiger partial charge in [0.2, 0.25) is 0 Å². The minimum Gasteiger partial charge on any atom is -0.489 e. The molecule has 0 aliphatic carbocycles. The quantitative estimate of drug-likeness (QED) is 0.731. The lowest BCUT2D eigenvalue weighted by molar-refractivity contribution is 0.329. The second kappa shape index (κ2) is 6.96. The molecule has 2 aromatic carbocycles. The van der Waals surface area contributed by atoms with Crippen LogP contribution in [-0.2, 0) is 0 Å². The summed E-state index contributed by atoms with van der Waals surface area (Å²) in [6, 6.07) is 14.2. The van der Waals surface area contributed by atoms with Crippen LogP contribution in [0.25, 0.3) is 0 Å². The van der Waals surface area contributed by atoms with Crippen LogP contribution in [0.3, 0.4) is 0 Å². The van der Waals surface area contributed by atoms with Gasteiger partial charge in [-0.05, 0) is 63.0 Å². The number of para-hydroxylation sites is 1. The number of benzene rings is 2. The van der Waals surface area contributed by atoms with E-state index < -0.39 is 0 Å². The molecule has 0 radical (unpaired) electrons. The van der Waals surface area contributed by atoms with Crippen LogP contribution in [0.2, 0.25) is 0 Å². The van der Waals surface area contributed by atoms with Gasteiger partial charge in [0, 0.05) is 12.2 Å². The van der Waals surface area contributed by atoms with Crippen molar-refractivity contribution in [3.05, 3.63) is 57.0 Å². The molecule has 0 aromatic heterocycles. The Bertz CT molecular complexity index is 520. The van der Waals surface area contributed by atoms with Crippen molar-refractivity contribution in [3.8, 4) is 5.75 Å². The number of nitrogens with one attached hydrogen (secondary N) is 1. The first-order valence-electron chi connectivity index (χ1n) is 6.04. The monoisotopic (exact) mass is 383 g/mol. The van der Waals surface area contributed by atoms with Crippen LogP contribution in [-0.4, -0.2) is 13.2 Å². The van der Waals surface area contributed by atoms with Crippen LogP contribution >= 0.6 is 31.9 Å². The zero-order valence-corrected chi connectivity index (χ0v) is 13.8. The molecule has 0 heterocycles. The molecule has 0 aliphatic heterocycles. The minimum atomic E-state index is 0.606. The van der Waals surface area contributed by atoms with Gasteiger partial charge >= 0.3 is 0 Å². The van der Waals surface area contributed by atoms with Crippen LogP contribution in [0.15, 0.2) is 51.4 Å². The topological polar surface area (TPSA) is 21.3 Å². The third-order valence-corrected chi connectivity index (χ3v) is 3.90. The third-order valence-electron chi connectivity index (χ3n) is 2.65. The molecule has 4 heteroatoms. The van der Waals surface area contributed by atoms with Crippen molar-refractivity contribution < 1.29 is 4.74 Å². The molecule has 2 aromatic rings. The molecule has 0 unspecified atom stereocenters. The van der Waals surface area contributed by atoms with Gasteiger partial charge in [-0.2, -0.15) is 0 Å². The van der Waals surface area contributed by atoms with Crippen molar-refractivity contribution in [2.75, 3.05) is 18.5 Å². The number of ether oxygens (including phenoxy) is 1. The normalized spacial score (nSPS) is 10.3. The van der Waals surface area contributed by atoms with Crippen molar-refractivity contribution in [2.45, 2.75) is 6.92 Å². The van der Waals surface area contributed by atoms with E-state index in [1.54, 1.807) is 0 Å². The highest BCUT2D eigenvalue weighted by molar-refractivity contribution is 9.11. The molecule has 0 atom stereocenters. The molecule has 0 bridgehead atoms. The lowest BCUT2D eigenvalue weighted by Gasteiger charge is -2.11. The SMILES string of the molecule is Cc1ccc(NCCOc2c(Br)cccc2Br)cc1. The van der Waals surface area contributed by atoms with E-state index in [9.17, 15) is 0 Å². The van der Waals surface area contributed by atoms with Crippen LogP contribution in [0.1, 0.15) is 5.56 Å². The zero-order valence-electron chi connectivity index (χ0n) is 10.6. The lowest BCUT2D eigenvalue weighted by atomic mass is 10.2. The summed E-state index contributed by atoms with van der Waals surface area (Å²) < 4.78 is 7.67. The molecule has 0 fully saturated rings. The van der Waals surface area contributed by atoms with Gasteiger partial charge in [0.1, 0.15) is 12.4 Å². The van der Waals surface area contributed by atoms with Gasteiger partial charge in [-0.1, -0.05) is 23.8 Å². The Hall–Kier alpha value is -1.000. The van der Waals surface area contributed by atoms with Crippen LogP contribution in [0.5, 0.6) is 5.75 Å². The summed E-state index contributed by atoms with van der Waals surface area (Å²) in [6.07, 6.45) is 0. The maximum atomic E-state index is 5.76. The number of hydrogen-bond acceptors (Lipinski definition) is 2. The molecule has 0 aliphatic rings. The summed E-state index contributed by atoms with van der Waals surface area (Å²) in [5, 5.41) is 3.33. The summed E-state index contributed by atoms with van der Waals surface area (Å²) >= 11 is 6.95. The van der Waals surface area contributed by atoms with Gasteiger partial charge in [-0.15, -0.1) is 0 Å². The fourth-order valence-electron chi connectivity index (χ4n) is 1.64. The average Bonchev–Trinajstić information content (AvgIpc) is 2.39. The molecular weight excluding hydrogens is 370 g/mol. The zero-order chi connectivity index (χ0) is 13.7. The highest BCUT2D eigenvalue weighted by Crippen LogP contribution is 2.32. The molecule has 0 saturated heterocycles. The second-order valence-electron chi connectivity index (χ2n) is 4.19. The summed E-state index contributed by atoms with van der Waals surface area (Å²) in [5.41, 5.74) is 2.37. The standard InChI is InChI=1S/C15H15Br2NO/c1-11-5-7-12(8-6-11)18-9-10-19-15-13(16)3-2-4-14(15)17/h2-8,18H,9-10H2,1H3. The Morgan fingerprint density at radius 2 is 1.63 bits per heavy atom. The Morgan fingerprint density at radius 3 is 2.26 bits per heavy atom. The number of aryl methyl sites for hydroxylation is 1. The molecule has 0 amide bonds. The van der Waals surface area contributed by atoms with Crippen molar-refractivity contribution in [1.82, 2.24) is 0 Å². The third kappa shape index (κ3) is 4.25. The maximum Gasteiger partial charge on any atom is 0.147 e. The van der Waals surface area contributed by atoms with E-state index >= 15 is 0 Å². The number of halogens is 2. The summed E-state index contributed by atoms with van der Waals surface area (Å²) in [7, 11) is 0. The van der Waals surface area contributed by atoms with E-state index in [1.165, 1.54) is 5.56 Å². The first kappa shape index (κ1) is 14.4. The van der Waals surface area contributed by atoms with Crippen LogP contribution < -0.4 is 10.1 Å². The van der Waals surface area contributed by atoms with Gasteiger partial charge in [-0.25, -0.2) is 0 Å². The van der Waals surface area contributed by atoms with Gasteiger partial charge in [-0.3, -0.25) is 0 Å². The smallest absolute Gasteiger partial charge is 0.147 e. The summed E-state index contributed by atoms with van der Waals surface area (Å²) in [4.78, 5) is 0. The Balaban J connectivity index is 1.82. The molecule has 1 N–H and O–H groups in total. The van der Waals surface area contributed by atoms with Crippen LogP contribution in [0, 0.1) is 6.92 Å². The maximum absolute atomic E-state index is 5.76. The minimum absolute atomic E-state index is 0.606. The van der Waals surface area contributed by atoms with Crippen molar-refractivity contribution >= 4 is 37.5 Å². The molecule has 0 saturated carbocycles. The largest absolute Gasteiger partial charge is 0.489 e. The van der Waals surface area contributed by atoms with Gasteiger partial charge in [0.05, 0.1) is 8.95 Å². The molecule has 19 heavy (non-hydrogen) atoms. The molecular formula is C15H15Br2NO. The fourth-order valence-corrected chi connectivity index (χ4v) is 2.87. The summed E-state index contributed by atoms with van der Waals surface area (Å²) in [5.74, 6) is 0.841. The highest BCUT2D eigenvalue weighted by Gasteiger charge is 2.04. The average molecular weight is 385 g/mol. The summed E-state index contributed by atoms with van der Waals surface area (Å²) in [6.45, 7) is 3.45. The van der Waals surface area contributed by atoms with Gasteiger partial charge in [0.25, 0.3) is 0 Å². The molecule has 2 nitrogen and oxygen atoms in total. The Labute approximate surface area is 130 Å². The Morgan fingerprint density at radius 1 is 1.00 bits per heavy atom. The Kier molecular flexibility index (Phi) is 5.28. The van der Waals surface area contributed by atoms with E-state index in [0.29, 0.717) is 6.61 Å². The number of rotatable bonds is 5. The van der Waals surface area contributed by atoms with E-state index in [4.69, 9.17) is 4.74 Å². The van der Waals surface area contributed by atoms with Crippen LogP contribution in [0.4, 0.5) is 5.69 Å². The predicted octanol–water partition coefficient (Wildman–Crippen LogP) is 5.01. The van der Waals surface area contributed by atoms with Crippen molar-refractivity contribution in [2.24, 2.45) is 0 Å². The first-order chi connectivity index (χ1) is 9.16. The lowest BCUT2D eigenvalue weighted by Crippen LogP contribution is -2.11. The first-order valence-corrected chi connectivity index (χ1v) is 7.63. The van der Waals surface area contributed by atoms with Crippen molar-refractivity contribution in [1.29, 1.82) is 0 Å². The number of hydrogen-bond donors (Lipinski definition) is 1. The molecule has 2 rings (SSSR count). The predicted molar refractivity (Wildman–Crippen MR) is 87.0 cm³/mol. The number of anilines is 1.